The molecule has 2 aromatic carbocycles. The van der Waals surface area contributed by atoms with E-state index in [0.717, 1.165) is 12.0 Å². The van der Waals surface area contributed by atoms with Gasteiger partial charge in [0.25, 0.3) is 0 Å². The molecule has 1 aliphatic heterocycles. The fourth-order valence-electron chi connectivity index (χ4n) is 3.13. The maximum atomic E-state index is 12.2. The second kappa shape index (κ2) is 11.9. The number of hydrogen-bond acceptors (Lipinski definition) is 5. The highest BCUT2D eigenvalue weighted by Crippen LogP contribution is 2.26. The summed E-state index contributed by atoms with van der Waals surface area (Å²) in [5.41, 5.74) is 1.41. The van der Waals surface area contributed by atoms with E-state index >= 15 is 0 Å². The average molecular weight is 417 g/mol. The normalized spacial score (nSPS) is 16.7. The summed E-state index contributed by atoms with van der Waals surface area (Å²) in [6.45, 7) is 2.66. The van der Waals surface area contributed by atoms with Crippen LogP contribution in [-0.4, -0.2) is 48.4 Å². The molecule has 0 spiro atoms. The van der Waals surface area contributed by atoms with Crippen molar-refractivity contribution in [2.45, 2.75) is 38.3 Å². The minimum atomic E-state index is -0.381. The first-order chi connectivity index (χ1) is 14.5. The van der Waals surface area contributed by atoms with Crippen molar-refractivity contribution in [1.82, 2.24) is 4.90 Å². The molecule has 1 N–H and O–H groups in total. The molecule has 1 saturated heterocycles. The fourth-order valence-corrected chi connectivity index (χ4v) is 3.13. The van der Waals surface area contributed by atoms with Crippen molar-refractivity contribution < 1.29 is 28.6 Å². The molecule has 162 valence electrons. The predicted octanol–water partition coefficient (Wildman–Crippen LogP) is 4.34. The standard InChI is InChI=1S/C17H23NO5.C6H5F/c1-12(13-5-7-14(8-6-13)16(20)22-2)18-10-9-15(4-3-11-19)23-17(18)21;7-6-4-2-1-3-5-6/h5-8,12,15,19H,3-4,9-11H2,1-2H3;1-5H. The number of carbonyl (C=O) groups excluding carboxylic acids is 2. The van der Waals surface area contributed by atoms with Crippen LogP contribution in [0.15, 0.2) is 54.6 Å². The third-order valence-electron chi connectivity index (χ3n) is 4.89. The Bertz CT molecular complexity index is 797. The predicted molar refractivity (Wildman–Crippen MR) is 111 cm³/mol. The van der Waals surface area contributed by atoms with Gasteiger partial charge in [-0.15, -0.1) is 0 Å². The van der Waals surface area contributed by atoms with Crippen LogP contribution in [0, 0.1) is 5.82 Å². The number of methoxy groups -OCH3 is 1. The number of benzene rings is 2. The third-order valence-corrected chi connectivity index (χ3v) is 4.89. The summed E-state index contributed by atoms with van der Waals surface area (Å²) < 4.78 is 22.0. The van der Waals surface area contributed by atoms with Crippen LogP contribution in [0.25, 0.3) is 0 Å². The maximum Gasteiger partial charge on any atom is 0.410 e. The Labute approximate surface area is 176 Å². The van der Waals surface area contributed by atoms with E-state index in [4.69, 9.17) is 9.84 Å². The molecule has 0 radical (unpaired) electrons. The van der Waals surface area contributed by atoms with Gasteiger partial charge in [0.15, 0.2) is 0 Å². The molecule has 6 nitrogen and oxygen atoms in total. The van der Waals surface area contributed by atoms with Gasteiger partial charge in [0, 0.05) is 19.6 Å². The molecule has 0 bridgehead atoms. The van der Waals surface area contributed by atoms with Crippen LogP contribution >= 0.6 is 0 Å². The highest BCUT2D eigenvalue weighted by Gasteiger charge is 2.30. The van der Waals surface area contributed by atoms with E-state index in [-0.39, 0.29) is 36.6 Å². The number of amides is 1. The van der Waals surface area contributed by atoms with E-state index in [1.807, 2.05) is 19.1 Å². The van der Waals surface area contributed by atoms with Crippen LogP contribution in [-0.2, 0) is 9.47 Å². The molecule has 0 aromatic heterocycles. The summed E-state index contributed by atoms with van der Waals surface area (Å²) in [5.74, 6) is -0.559. The second-order valence-corrected chi connectivity index (χ2v) is 6.94. The van der Waals surface area contributed by atoms with Crippen LogP contribution in [0.1, 0.15) is 48.1 Å². The molecule has 2 atom stereocenters. The van der Waals surface area contributed by atoms with Crippen molar-refractivity contribution in [2.24, 2.45) is 0 Å². The Morgan fingerprint density at radius 3 is 2.40 bits per heavy atom. The molecule has 2 unspecified atom stereocenters. The minimum absolute atomic E-state index is 0.111. The van der Waals surface area contributed by atoms with E-state index in [0.29, 0.717) is 24.9 Å². The van der Waals surface area contributed by atoms with Gasteiger partial charge in [-0.25, -0.2) is 14.0 Å². The van der Waals surface area contributed by atoms with Gasteiger partial charge in [-0.2, -0.15) is 0 Å². The second-order valence-electron chi connectivity index (χ2n) is 6.94. The molecule has 2 aromatic rings. The number of nitrogens with zero attached hydrogens (tertiary/aromatic N) is 1. The van der Waals surface area contributed by atoms with Crippen LogP contribution < -0.4 is 0 Å². The van der Waals surface area contributed by atoms with E-state index in [1.165, 1.54) is 19.2 Å². The number of esters is 1. The highest BCUT2D eigenvalue weighted by atomic mass is 19.1. The summed E-state index contributed by atoms with van der Waals surface area (Å²) >= 11 is 0. The first-order valence-electron chi connectivity index (χ1n) is 9.93. The SMILES string of the molecule is COC(=O)c1ccc(C(C)N2CCC(CCCO)OC2=O)cc1.Fc1ccccc1. The van der Waals surface area contributed by atoms with E-state index in [1.54, 1.807) is 35.2 Å². The smallest absolute Gasteiger partial charge is 0.410 e. The summed E-state index contributed by atoms with van der Waals surface area (Å²) in [4.78, 5) is 25.3. The van der Waals surface area contributed by atoms with E-state index in [9.17, 15) is 14.0 Å². The molecule has 7 heteroatoms. The molecule has 0 aliphatic carbocycles. The van der Waals surface area contributed by atoms with E-state index < -0.39 is 0 Å². The number of halogens is 1. The molecular weight excluding hydrogens is 389 g/mol. The Kier molecular flexibility index (Phi) is 9.28. The molecule has 3 rings (SSSR count). The van der Waals surface area contributed by atoms with Crippen molar-refractivity contribution in [3.63, 3.8) is 0 Å². The quantitative estimate of drug-likeness (QED) is 0.708. The molecule has 1 fully saturated rings. The summed E-state index contributed by atoms with van der Waals surface area (Å²) in [7, 11) is 1.34. The van der Waals surface area contributed by atoms with Gasteiger partial charge in [0.1, 0.15) is 11.9 Å². The van der Waals surface area contributed by atoms with Crippen LogP contribution in [0.3, 0.4) is 0 Å². The number of rotatable bonds is 6. The number of ether oxygens (including phenoxy) is 2. The van der Waals surface area contributed by atoms with Crippen LogP contribution in [0.2, 0.25) is 0 Å². The Hall–Kier alpha value is -2.93. The molecule has 1 heterocycles. The van der Waals surface area contributed by atoms with Gasteiger partial charge < -0.3 is 19.5 Å². The lowest BCUT2D eigenvalue weighted by Crippen LogP contribution is -2.43. The van der Waals surface area contributed by atoms with Crippen LogP contribution in [0.5, 0.6) is 0 Å². The van der Waals surface area contributed by atoms with Gasteiger partial charge >= 0.3 is 12.1 Å². The van der Waals surface area contributed by atoms with Crippen molar-refractivity contribution >= 4 is 12.1 Å². The first kappa shape index (κ1) is 23.3. The van der Waals surface area contributed by atoms with E-state index in [2.05, 4.69) is 4.74 Å². The lowest BCUT2D eigenvalue weighted by Gasteiger charge is -2.35. The average Bonchev–Trinajstić information content (AvgIpc) is 2.78. The van der Waals surface area contributed by atoms with Gasteiger partial charge in [0.2, 0.25) is 0 Å². The molecular formula is C23H28FNO5. The zero-order valence-electron chi connectivity index (χ0n) is 17.3. The zero-order chi connectivity index (χ0) is 21.9. The zero-order valence-corrected chi connectivity index (χ0v) is 17.3. The van der Waals surface area contributed by atoms with Gasteiger partial charge in [0.05, 0.1) is 18.7 Å². The highest BCUT2D eigenvalue weighted by molar-refractivity contribution is 5.89. The number of cyclic esters (lactones) is 1. The van der Waals surface area contributed by atoms with Gasteiger partial charge in [-0.3, -0.25) is 0 Å². The number of aliphatic hydroxyl groups excluding tert-OH is 1. The third kappa shape index (κ3) is 6.84. The summed E-state index contributed by atoms with van der Waals surface area (Å²) in [5, 5.41) is 8.85. The Balaban J connectivity index is 0.000000386. The molecule has 0 saturated carbocycles. The van der Waals surface area contributed by atoms with Crippen molar-refractivity contribution in [2.75, 3.05) is 20.3 Å². The largest absolute Gasteiger partial charge is 0.465 e. The summed E-state index contributed by atoms with van der Waals surface area (Å²) in [6, 6.07) is 14.8. The van der Waals surface area contributed by atoms with Gasteiger partial charge in [-0.05, 0) is 49.6 Å². The molecule has 1 amide bonds. The van der Waals surface area contributed by atoms with Crippen molar-refractivity contribution in [3.05, 3.63) is 71.5 Å². The maximum absolute atomic E-state index is 12.2. The molecule has 1 aliphatic rings. The van der Waals surface area contributed by atoms with Gasteiger partial charge in [-0.1, -0.05) is 30.3 Å². The summed E-state index contributed by atoms with van der Waals surface area (Å²) in [6.07, 6.45) is 1.65. The van der Waals surface area contributed by atoms with Crippen LogP contribution in [0.4, 0.5) is 9.18 Å². The Morgan fingerprint density at radius 1 is 1.23 bits per heavy atom. The lowest BCUT2D eigenvalue weighted by atomic mass is 10.0. The number of aliphatic hydroxyl groups is 1. The van der Waals surface area contributed by atoms with Crippen molar-refractivity contribution in [1.29, 1.82) is 0 Å². The minimum Gasteiger partial charge on any atom is -0.465 e. The fraction of sp³-hybridized carbons (Fsp3) is 0.391. The lowest BCUT2D eigenvalue weighted by molar-refractivity contribution is 0.00757. The topological polar surface area (TPSA) is 76.1 Å². The first-order valence-corrected chi connectivity index (χ1v) is 9.93. The number of hydrogen-bond donors (Lipinski definition) is 1. The molecule has 30 heavy (non-hydrogen) atoms. The number of carbonyl (C=O) groups is 2. The van der Waals surface area contributed by atoms with Crippen molar-refractivity contribution in [3.8, 4) is 0 Å². The Morgan fingerprint density at radius 2 is 1.90 bits per heavy atom. The monoisotopic (exact) mass is 417 g/mol.